The fraction of sp³-hybridized carbons (Fsp3) is 0.533. The Balaban J connectivity index is 1.87. The summed E-state index contributed by atoms with van der Waals surface area (Å²) >= 11 is 9.95. The molecule has 0 radical (unpaired) electrons. The lowest BCUT2D eigenvalue weighted by Crippen LogP contribution is -2.15. The van der Waals surface area contributed by atoms with Gasteiger partial charge < -0.3 is 10.1 Å². The molecule has 1 heterocycles. The summed E-state index contributed by atoms with van der Waals surface area (Å²) in [6.07, 6.45) is 3.51. The van der Waals surface area contributed by atoms with Gasteiger partial charge in [-0.2, -0.15) is 5.10 Å². The molecule has 2 aromatic rings. The Bertz CT molecular complexity index is 639. The third kappa shape index (κ3) is 3.59. The zero-order valence-corrected chi connectivity index (χ0v) is 14.4. The van der Waals surface area contributed by atoms with Crippen LogP contribution < -0.4 is 5.32 Å². The molecule has 1 aromatic heterocycles. The lowest BCUT2D eigenvalue weighted by molar-refractivity contribution is 0.189. The highest BCUT2D eigenvalue weighted by atomic mass is 79.9. The summed E-state index contributed by atoms with van der Waals surface area (Å²) in [5.41, 5.74) is 2.29. The van der Waals surface area contributed by atoms with Crippen molar-refractivity contribution < 1.29 is 4.74 Å². The minimum Gasteiger partial charge on any atom is -0.385 e. The van der Waals surface area contributed by atoms with Crippen LogP contribution in [0.3, 0.4) is 0 Å². The lowest BCUT2D eigenvalue weighted by Gasteiger charge is -2.07. The summed E-state index contributed by atoms with van der Waals surface area (Å²) in [4.78, 5) is 0. The van der Waals surface area contributed by atoms with Crippen LogP contribution in [0.5, 0.6) is 0 Å². The second-order valence-corrected chi connectivity index (χ2v) is 6.65. The molecule has 1 saturated carbocycles. The van der Waals surface area contributed by atoms with Gasteiger partial charge >= 0.3 is 0 Å². The number of benzene rings is 1. The summed E-state index contributed by atoms with van der Waals surface area (Å²) in [6, 6.07) is 4.91. The van der Waals surface area contributed by atoms with E-state index in [0.717, 1.165) is 46.6 Å². The number of aryl methyl sites for hydroxylation is 1. The first-order valence-electron chi connectivity index (χ1n) is 7.26. The number of aromatic nitrogens is 2. The van der Waals surface area contributed by atoms with Crippen LogP contribution in [0, 0.1) is 0 Å². The molecule has 4 nitrogen and oxygen atoms in total. The van der Waals surface area contributed by atoms with Crippen molar-refractivity contribution in [3.8, 4) is 0 Å². The SMILES string of the molecule is COCCCn1nc(Br)c2c(Cl)cc(CNC3CC3)cc21. The maximum absolute atomic E-state index is 6.44. The predicted molar refractivity (Wildman–Crippen MR) is 88.8 cm³/mol. The summed E-state index contributed by atoms with van der Waals surface area (Å²) in [7, 11) is 1.72. The fourth-order valence-corrected chi connectivity index (χ4v) is 3.49. The maximum Gasteiger partial charge on any atom is 0.137 e. The molecule has 0 spiro atoms. The van der Waals surface area contributed by atoms with Gasteiger partial charge in [-0.05, 0) is 52.9 Å². The molecule has 0 unspecified atom stereocenters. The Labute approximate surface area is 137 Å². The van der Waals surface area contributed by atoms with Gasteiger partial charge in [0.15, 0.2) is 0 Å². The highest BCUT2D eigenvalue weighted by molar-refractivity contribution is 9.10. The van der Waals surface area contributed by atoms with E-state index in [9.17, 15) is 0 Å². The lowest BCUT2D eigenvalue weighted by atomic mass is 10.1. The summed E-state index contributed by atoms with van der Waals surface area (Å²) < 4.78 is 7.92. The number of nitrogens with zero attached hydrogens (tertiary/aromatic N) is 2. The van der Waals surface area contributed by atoms with Crippen molar-refractivity contribution >= 4 is 38.4 Å². The van der Waals surface area contributed by atoms with Gasteiger partial charge in [0.05, 0.1) is 15.9 Å². The van der Waals surface area contributed by atoms with Gasteiger partial charge in [-0.15, -0.1) is 0 Å². The Morgan fingerprint density at radius 2 is 2.29 bits per heavy atom. The van der Waals surface area contributed by atoms with Gasteiger partial charge in [-0.3, -0.25) is 4.68 Å². The number of rotatable bonds is 7. The van der Waals surface area contributed by atoms with E-state index < -0.39 is 0 Å². The first kappa shape index (κ1) is 15.3. The van der Waals surface area contributed by atoms with Gasteiger partial charge in [0.25, 0.3) is 0 Å². The Morgan fingerprint density at radius 3 is 3.00 bits per heavy atom. The third-order valence-electron chi connectivity index (χ3n) is 3.71. The number of nitrogens with one attached hydrogen (secondary N) is 1. The smallest absolute Gasteiger partial charge is 0.137 e. The van der Waals surface area contributed by atoms with Crippen LogP contribution >= 0.6 is 27.5 Å². The average Bonchev–Trinajstić information content (AvgIpc) is 3.22. The van der Waals surface area contributed by atoms with E-state index in [0.29, 0.717) is 6.04 Å². The predicted octanol–water partition coefficient (Wildman–Crippen LogP) is 3.74. The summed E-state index contributed by atoms with van der Waals surface area (Å²) in [5.74, 6) is 0. The van der Waals surface area contributed by atoms with Gasteiger partial charge in [0.2, 0.25) is 0 Å². The molecular weight excluding hydrogens is 354 g/mol. The number of hydrogen-bond donors (Lipinski definition) is 1. The van der Waals surface area contributed by atoms with E-state index in [-0.39, 0.29) is 0 Å². The van der Waals surface area contributed by atoms with E-state index in [2.05, 4.69) is 32.4 Å². The van der Waals surface area contributed by atoms with E-state index >= 15 is 0 Å². The largest absolute Gasteiger partial charge is 0.385 e. The number of ether oxygens (including phenoxy) is 1. The summed E-state index contributed by atoms with van der Waals surface area (Å²) in [5, 5.41) is 9.81. The van der Waals surface area contributed by atoms with Crippen LogP contribution in [0.25, 0.3) is 10.9 Å². The Morgan fingerprint density at radius 1 is 1.48 bits per heavy atom. The molecule has 1 aliphatic rings. The van der Waals surface area contributed by atoms with E-state index in [4.69, 9.17) is 16.3 Å². The number of fused-ring (bicyclic) bond motifs is 1. The molecule has 0 aliphatic heterocycles. The number of methoxy groups -OCH3 is 1. The van der Waals surface area contributed by atoms with Gasteiger partial charge in [0.1, 0.15) is 4.60 Å². The second-order valence-electron chi connectivity index (χ2n) is 5.49. The van der Waals surface area contributed by atoms with Crippen molar-refractivity contribution in [2.24, 2.45) is 0 Å². The van der Waals surface area contributed by atoms with Crippen molar-refractivity contribution in [1.82, 2.24) is 15.1 Å². The Hall–Kier alpha value is -0.620. The molecule has 6 heteroatoms. The van der Waals surface area contributed by atoms with E-state index in [1.54, 1.807) is 7.11 Å². The van der Waals surface area contributed by atoms with Crippen molar-refractivity contribution in [2.45, 2.75) is 38.4 Å². The van der Waals surface area contributed by atoms with Crippen molar-refractivity contribution in [3.63, 3.8) is 0 Å². The minimum atomic E-state index is 0.692. The van der Waals surface area contributed by atoms with E-state index in [1.165, 1.54) is 18.4 Å². The second kappa shape index (κ2) is 6.65. The molecule has 1 aromatic carbocycles. The molecular formula is C15H19BrClN3O. The zero-order valence-electron chi connectivity index (χ0n) is 12.0. The topological polar surface area (TPSA) is 39.1 Å². The van der Waals surface area contributed by atoms with Crippen LogP contribution in [0.15, 0.2) is 16.7 Å². The molecule has 0 amide bonds. The molecule has 21 heavy (non-hydrogen) atoms. The van der Waals surface area contributed by atoms with Crippen molar-refractivity contribution in [3.05, 3.63) is 27.3 Å². The highest BCUT2D eigenvalue weighted by Crippen LogP contribution is 2.32. The molecule has 0 bridgehead atoms. The normalized spacial score (nSPS) is 15.0. The van der Waals surface area contributed by atoms with Crippen molar-refractivity contribution in [1.29, 1.82) is 0 Å². The van der Waals surface area contributed by atoms with Crippen molar-refractivity contribution in [2.75, 3.05) is 13.7 Å². The standard InChI is InChI=1S/C15H19BrClN3O/c1-21-6-2-5-20-13-8-10(9-18-11-3-4-11)7-12(17)14(13)15(16)19-20/h7-8,11,18H,2-6,9H2,1H3. The number of hydrogen-bond acceptors (Lipinski definition) is 3. The van der Waals surface area contributed by atoms with Gasteiger partial charge in [-0.25, -0.2) is 0 Å². The molecule has 1 fully saturated rings. The highest BCUT2D eigenvalue weighted by Gasteiger charge is 2.20. The summed E-state index contributed by atoms with van der Waals surface area (Å²) in [6.45, 7) is 2.42. The molecule has 3 rings (SSSR count). The average molecular weight is 373 g/mol. The molecule has 114 valence electrons. The van der Waals surface area contributed by atoms with Gasteiger partial charge in [-0.1, -0.05) is 11.6 Å². The van der Waals surface area contributed by atoms with Crippen LogP contribution in [-0.4, -0.2) is 29.5 Å². The minimum absolute atomic E-state index is 0.692. The molecule has 1 N–H and O–H groups in total. The number of halogens is 2. The quantitative estimate of drug-likeness (QED) is 0.753. The van der Waals surface area contributed by atoms with Crippen LogP contribution in [-0.2, 0) is 17.8 Å². The molecule has 0 atom stereocenters. The molecule has 1 aliphatic carbocycles. The third-order valence-corrected chi connectivity index (χ3v) is 4.57. The first-order chi connectivity index (χ1) is 10.2. The maximum atomic E-state index is 6.44. The first-order valence-corrected chi connectivity index (χ1v) is 8.43. The van der Waals surface area contributed by atoms with Gasteiger partial charge in [0, 0.05) is 32.8 Å². The fourth-order valence-electron chi connectivity index (χ4n) is 2.45. The van der Waals surface area contributed by atoms with E-state index in [1.807, 2.05) is 10.7 Å². The van der Waals surface area contributed by atoms with Crippen LogP contribution in [0.4, 0.5) is 0 Å². The van der Waals surface area contributed by atoms with Crippen LogP contribution in [0.1, 0.15) is 24.8 Å². The van der Waals surface area contributed by atoms with Crippen LogP contribution in [0.2, 0.25) is 5.02 Å². The molecule has 0 saturated heterocycles. The monoisotopic (exact) mass is 371 g/mol. The Kier molecular flexibility index (Phi) is 4.84. The zero-order chi connectivity index (χ0) is 14.8.